The summed E-state index contributed by atoms with van der Waals surface area (Å²) in [6, 6.07) is 6.09. The number of nitrogens with one attached hydrogen (secondary N) is 2. The van der Waals surface area contributed by atoms with E-state index in [0.29, 0.717) is 11.4 Å². The average molecular weight is 354 g/mol. The molecule has 1 aromatic carbocycles. The fourth-order valence-corrected chi connectivity index (χ4v) is 2.79. The zero-order chi connectivity index (χ0) is 17.9. The van der Waals surface area contributed by atoms with Crippen molar-refractivity contribution in [2.75, 3.05) is 6.61 Å². The number of aromatic nitrogens is 3. The van der Waals surface area contributed by atoms with Gasteiger partial charge in [-0.15, -0.1) is 0 Å². The van der Waals surface area contributed by atoms with Crippen LogP contribution in [-0.4, -0.2) is 33.9 Å². The number of ether oxygens (including phenoxy) is 1. The number of carbonyl (C=O) groups excluding carboxylic acids is 1. The Morgan fingerprint density at radius 3 is 2.76 bits per heavy atom. The van der Waals surface area contributed by atoms with Crippen LogP contribution in [0.2, 0.25) is 0 Å². The van der Waals surface area contributed by atoms with Crippen LogP contribution in [0, 0.1) is 0 Å². The third-order valence-electron chi connectivity index (χ3n) is 4.12. The van der Waals surface area contributed by atoms with E-state index in [9.17, 15) is 18.0 Å². The van der Waals surface area contributed by atoms with Crippen molar-refractivity contribution < 1.29 is 22.7 Å². The highest BCUT2D eigenvalue weighted by Crippen LogP contribution is 2.39. The van der Waals surface area contributed by atoms with Crippen LogP contribution in [0.1, 0.15) is 30.7 Å². The summed E-state index contributed by atoms with van der Waals surface area (Å²) in [7, 11) is 0. The van der Waals surface area contributed by atoms with Crippen LogP contribution in [0.4, 0.5) is 13.2 Å². The molecule has 3 rings (SSSR count). The van der Waals surface area contributed by atoms with Crippen LogP contribution in [-0.2, 0) is 16.8 Å². The van der Waals surface area contributed by atoms with Gasteiger partial charge in [-0.2, -0.15) is 18.3 Å². The molecular formula is C16H17F3N4O2. The lowest BCUT2D eigenvalue weighted by Crippen LogP contribution is -2.52. The third kappa shape index (κ3) is 4.28. The van der Waals surface area contributed by atoms with Crippen molar-refractivity contribution in [1.82, 2.24) is 20.5 Å². The zero-order valence-electron chi connectivity index (χ0n) is 13.3. The smallest absolute Gasteiger partial charge is 0.422 e. The maximum Gasteiger partial charge on any atom is 0.422 e. The van der Waals surface area contributed by atoms with E-state index in [2.05, 4.69) is 20.5 Å². The average Bonchev–Trinajstić information content (AvgIpc) is 3.03. The molecule has 2 aromatic rings. The number of alkyl halides is 3. The van der Waals surface area contributed by atoms with Gasteiger partial charge in [-0.25, -0.2) is 4.98 Å². The van der Waals surface area contributed by atoms with E-state index in [4.69, 9.17) is 4.74 Å². The van der Waals surface area contributed by atoms with Crippen molar-refractivity contribution in [3.63, 3.8) is 0 Å². The number of hydrogen-bond acceptors (Lipinski definition) is 4. The zero-order valence-corrected chi connectivity index (χ0v) is 13.3. The van der Waals surface area contributed by atoms with E-state index in [1.165, 1.54) is 18.5 Å². The number of aromatic amines is 1. The Balaban J connectivity index is 1.61. The minimum Gasteiger partial charge on any atom is -0.484 e. The van der Waals surface area contributed by atoms with Crippen LogP contribution in [0.5, 0.6) is 5.75 Å². The Kier molecular flexibility index (Phi) is 4.65. The molecule has 134 valence electrons. The van der Waals surface area contributed by atoms with Crippen LogP contribution in [0.3, 0.4) is 0 Å². The van der Waals surface area contributed by atoms with Gasteiger partial charge in [0.15, 0.2) is 6.61 Å². The first-order valence-corrected chi connectivity index (χ1v) is 7.82. The minimum atomic E-state index is -4.40. The van der Waals surface area contributed by atoms with Crippen molar-refractivity contribution in [2.45, 2.75) is 37.4 Å². The lowest BCUT2D eigenvalue weighted by molar-refractivity contribution is -0.153. The summed E-state index contributed by atoms with van der Waals surface area (Å²) in [6.45, 7) is -1.36. The number of benzene rings is 1. The molecule has 1 aromatic heterocycles. The molecule has 0 radical (unpaired) electrons. The summed E-state index contributed by atoms with van der Waals surface area (Å²) in [5.41, 5.74) is 0.0436. The van der Waals surface area contributed by atoms with Gasteiger partial charge in [0, 0.05) is 0 Å². The molecule has 1 aliphatic rings. The summed E-state index contributed by atoms with van der Waals surface area (Å²) in [5, 5.41) is 9.57. The summed E-state index contributed by atoms with van der Waals surface area (Å²) in [6.07, 6.45) is -0.462. The molecule has 0 atom stereocenters. The van der Waals surface area contributed by atoms with Crippen LogP contribution in [0.15, 0.2) is 30.6 Å². The molecule has 1 heterocycles. The second-order valence-corrected chi connectivity index (χ2v) is 6.05. The van der Waals surface area contributed by atoms with Crippen LogP contribution < -0.4 is 10.1 Å². The van der Waals surface area contributed by atoms with Gasteiger partial charge in [0.2, 0.25) is 5.91 Å². The summed E-state index contributed by atoms with van der Waals surface area (Å²) in [4.78, 5) is 16.5. The van der Waals surface area contributed by atoms with Gasteiger partial charge < -0.3 is 10.1 Å². The number of nitrogens with zero attached hydrogens (tertiary/aromatic N) is 2. The normalized spacial score (nSPS) is 16.1. The molecule has 9 heteroatoms. The number of amides is 1. The maximum atomic E-state index is 12.4. The van der Waals surface area contributed by atoms with E-state index in [0.717, 1.165) is 19.3 Å². The predicted molar refractivity (Wildman–Crippen MR) is 81.8 cm³/mol. The first-order chi connectivity index (χ1) is 11.9. The van der Waals surface area contributed by atoms with Crippen molar-refractivity contribution in [2.24, 2.45) is 0 Å². The third-order valence-corrected chi connectivity index (χ3v) is 4.12. The van der Waals surface area contributed by atoms with Crippen molar-refractivity contribution >= 4 is 5.91 Å². The fraction of sp³-hybridized carbons (Fsp3) is 0.438. The van der Waals surface area contributed by atoms with Gasteiger partial charge in [-0.1, -0.05) is 12.1 Å². The van der Waals surface area contributed by atoms with Gasteiger partial charge in [-0.3, -0.25) is 9.89 Å². The topological polar surface area (TPSA) is 79.9 Å². The first-order valence-electron chi connectivity index (χ1n) is 7.82. The fourth-order valence-electron chi connectivity index (χ4n) is 2.79. The van der Waals surface area contributed by atoms with E-state index < -0.39 is 18.3 Å². The molecule has 6 nitrogen and oxygen atoms in total. The molecule has 0 unspecified atom stereocenters. The monoisotopic (exact) mass is 354 g/mol. The Hall–Kier alpha value is -2.58. The molecule has 2 N–H and O–H groups in total. The van der Waals surface area contributed by atoms with E-state index in [1.54, 1.807) is 12.1 Å². The Morgan fingerprint density at radius 1 is 1.36 bits per heavy atom. The van der Waals surface area contributed by atoms with Gasteiger partial charge in [0.1, 0.15) is 17.9 Å². The number of carbonyl (C=O) groups is 1. The summed E-state index contributed by atoms with van der Waals surface area (Å²) >= 11 is 0. The quantitative estimate of drug-likeness (QED) is 0.835. The largest absolute Gasteiger partial charge is 0.484 e. The second-order valence-electron chi connectivity index (χ2n) is 6.05. The van der Waals surface area contributed by atoms with Gasteiger partial charge in [0.05, 0.1) is 12.0 Å². The highest BCUT2D eigenvalue weighted by molar-refractivity contribution is 5.79. The predicted octanol–water partition coefficient (Wildman–Crippen LogP) is 2.48. The Bertz CT molecular complexity index is 727. The van der Waals surface area contributed by atoms with E-state index >= 15 is 0 Å². The maximum absolute atomic E-state index is 12.4. The molecule has 1 amide bonds. The minimum absolute atomic E-state index is 0.0408. The lowest BCUT2D eigenvalue weighted by Gasteiger charge is -2.40. The molecule has 0 spiro atoms. The van der Waals surface area contributed by atoms with E-state index in [1.807, 2.05) is 0 Å². The van der Waals surface area contributed by atoms with Crippen molar-refractivity contribution in [1.29, 1.82) is 0 Å². The number of halogens is 3. The molecule has 1 saturated carbocycles. The van der Waals surface area contributed by atoms with Gasteiger partial charge in [-0.05, 0) is 37.0 Å². The Morgan fingerprint density at radius 2 is 2.16 bits per heavy atom. The molecule has 0 saturated heterocycles. The van der Waals surface area contributed by atoms with Crippen molar-refractivity contribution in [3.05, 3.63) is 42.0 Å². The molecule has 1 aliphatic carbocycles. The number of H-pyrrole nitrogens is 1. The van der Waals surface area contributed by atoms with Gasteiger partial charge in [0.25, 0.3) is 0 Å². The lowest BCUT2D eigenvalue weighted by atomic mass is 9.76. The molecule has 0 bridgehead atoms. The number of hydrogen-bond donors (Lipinski definition) is 2. The molecule has 1 fully saturated rings. The first kappa shape index (κ1) is 17.2. The molecule has 0 aliphatic heterocycles. The summed E-state index contributed by atoms with van der Waals surface area (Å²) in [5.74, 6) is 0.467. The highest BCUT2D eigenvalue weighted by Gasteiger charge is 2.42. The standard InChI is InChI=1S/C16H17F3N4O2/c17-16(18,19)9-25-12-4-1-3-11(7-12)8-13(24)22-15(5-2-6-15)14-20-10-21-23-14/h1,3-4,7,10H,2,5-6,8-9H2,(H,22,24)(H,20,21,23). The van der Waals surface area contributed by atoms with Gasteiger partial charge >= 0.3 is 6.18 Å². The van der Waals surface area contributed by atoms with Crippen LogP contribution >= 0.6 is 0 Å². The van der Waals surface area contributed by atoms with Crippen LogP contribution in [0.25, 0.3) is 0 Å². The highest BCUT2D eigenvalue weighted by atomic mass is 19.4. The van der Waals surface area contributed by atoms with Crippen molar-refractivity contribution in [3.8, 4) is 5.75 Å². The summed E-state index contributed by atoms with van der Waals surface area (Å²) < 4.78 is 41.3. The number of rotatable bonds is 6. The molecular weight excluding hydrogens is 337 g/mol. The second kappa shape index (κ2) is 6.73. The molecule has 25 heavy (non-hydrogen) atoms. The van der Waals surface area contributed by atoms with E-state index in [-0.39, 0.29) is 18.1 Å². The Labute approximate surface area is 141 Å². The SMILES string of the molecule is O=C(Cc1cccc(OCC(F)(F)F)c1)NC1(c2ncn[nH]2)CCC1.